The van der Waals surface area contributed by atoms with E-state index >= 15 is 0 Å². The minimum atomic E-state index is -0.279. The molecule has 0 amide bonds. The van der Waals surface area contributed by atoms with E-state index in [1.165, 1.54) is 12.1 Å². The number of hydrogen-bond donors (Lipinski definition) is 0. The number of fused-ring (bicyclic) bond motifs is 1. The van der Waals surface area contributed by atoms with Gasteiger partial charge in [0.05, 0.1) is 24.4 Å². The Morgan fingerprint density at radius 3 is 2.48 bits per heavy atom. The van der Waals surface area contributed by atoms with Gasteiger partial charge in [-0.15, -0.1) is 0 Å². The van der Waals surface area contributed by atoms with Gasteiger partial charge in [0.1, 0.15) is 33.3 Å². The highest BCUT2D eigenvalue weighted by Crippen LogP contribution is 2.37. The molecule has 3 heterocycles. The number of nitrogens with zero attached hydrogens (tertiary/aromatic N) is 5. The van der Waals surface area contributed by atoms with Gasteiger partial charge >= 0.3 is 0 Å². The Hall–Kier alpha value is -3.74. The summed E-state index contributed by atoms with van der Waals surface area (Å²) in [5.41, 5.74) is 3.89. The van der Waals surface area contributed by atoms with Gasteiger partial charge in [0.25, 0.3) is 5.56 Å². The number of piperazine rings is 1. The molecule has 0 N–H and O–H groups in total. The molecule has 1 saturated carbocycles. The Kier molecular flexibility index (Phi) is 7.30. The lowest BCUT2D eigenvalue weighted by Gasteiger charge is -2.41. The van der Waals surface area contributed by atoms with Gasteiger partial charge in [-0.2, -0.15) is 5.26 Å². The van der Waals surface area contributed by atoms with Crippen LogP contribution in [0.5, 0.6) is 5.75 Å². The van der Waals surface area contributed by atoms with Crippen LogP contribution in [-0.4, -0.2) is 47.7 Å². The molecule has 1 atom stereocenters. The fraction of sp³-hybridized carbons (Fsp3) is 0.323. The number of benzene rings is 2. The van der Waals surface area contributed by atoms with E-state index in [1.807, 2.05) is 48.5 Å². The maximum atomic E-state index is 13.8. The normalized spacial score (nSPS) is 16.6. The van der Waals surface area contributed by atoms with Crippen molar-refractivity contribution in [3.05, 3.63) is 98.1 Å². The summed E-state index contributed by atoms with van der Waals surface area (Å²) in [4.78, 5) is 22.8. The lowest BCUT2D eigenvalue weighted by Crippen LogP contribution is -2.48. The number of halogens is 2. The molecule has 1 saturated heterocycles. The average Bonchev–Trinajstić information content (AvgIpc) is 3.80. The molecule has 9 heteroatoms. The first-order valence-corrected chi connectivity index (χ1v) is 14.3. The summed E-state index contributed by atoms with van der Waals surface area (Å²) >= 11 is 3.50. The number of methoxy groups -OCH3 is 1. The van der Waals surface area contributed by atoms with Crippen LogP contribution in [0.3, 0.4) is 0 Å². The van der Waals surface area contributed by atoms with Gasteiger partial charge in [0.2, 0.25) is 0 Å². The first-order valence-electron chi connectivity index (χ1n) is 13.5. The van der Waals surface area contributed by atoms with Crippen LogP contribution in [-0.2, 0) is 6.54 Å². The molecule has 1 aliphatic carbocycles. The number of rotatable bonds is 7. The highest BCUT2D eigenvalue weighted by molar-refractivity contribution is 9.10. The second kappa shape index (κ2) is 11.0. The molecule has 2 aromatic heterocycles. The molecule has 2 fully saturated rings. The van der Waals surface area contributed by atoms with Gasteiger partial charge in [-0.05, 0) is 70.6 Å². The van der Waals surface area contributed by atoms with E-state index in [4.69, 9.17) is 9.72 Å². The molecule has 7 nitrogen and oxygen atoms in total. The Bertz CT molecular complexity index is 1650. The van der Waals surface area contributed by atoms with E-state index in [0.717, 1.165) is 35.2 Å². The van der Waals surface area contributed by atoms with Crippen molar-refractivity contribution in [1.29, 1.82) is 5.26 Å². The summed E-state index contributed by atoms with van der Waals surface area (Å²) in [7, 11) is 1.66. The van der Waals surface area contributed by atoms with Crippen LogP contribution in [0, 0.1) is 23.1 Å². The van der Waals surface area contributed by atoms with Crippen LogP contribution in [0.1, 0.15) is 35.6 Å². The zero-order chi connectivity index (χ0) is 27.8. The van der Waals surface area contributed by atoms with Crippen molar-refractivity contribution < 1.29 is 9.13 Å². The quantitative estimate of drug-likeness (QED) is 0.260. The Balaban J connectivity index is 1.37. The number of anilines is 1. The summed E-state index contributed by atoms with van der Waals surface area (Å²) < 4.78 is 21.9. The third-order valence-electron chi connectivity index (χ3n) is 7.92. The van der Waals surface area contributed by atoms with Crippen molar-refractivity contribution in [3.8, 4) is 11.8 Å². The molecule has 0 unspecified atom stereocenters. The molecule has 1 aliphatic heterocycles. The van der Waals surface area contributed by atoms with E-state index in [-0.39, 0.29) is 23.0 Å². The molecule has 2 aromatic carbocycles. The van der Waals surface area contributed by atoms with Crippen LogP contribution in [0.25, 0.3) is 11.0 Å². The second-order valence-corrected chi connectivity index (χ2v) is 11.2. The average molecular weight is 603 g/mol. The van der Waals surface area contributed by atoms with Gasteiger partial charge in [-0.3, -0.25) is 9.69 Å². The largest absolute Gasteiger partial charge is 0.496 e. The van der Waals surface area contributed by atoms with Crippen molar-refractivity contribution >= 4 is 32.7 Å². The van der Waals surface area contributed by atoms with Crippen LogP contribution < -0.4 is 15.2 Å². The highest BCUT2D eigenvalue weighted by atomic mass is 79.9. The summed E-state index contributed by atoms with van der Waals surface area (Å²) in [5.74, 6) is 0.965. The molecule has 0 bridgehead atoms. The molecule has 0 spiro atoms. The molecule has 40 heavy (non-hydrogen) atoms. The van der Waals surface area contributed by atoms with Gasteiger partial charge in [-0.25, -0.2) is 9.37 Å². The monoisotopic (exact) mass is 601 g/mol. The number of aromatic nitrogens is 2. The molecular weight excluding hydrogens is 573 g/mol. The molecule has 4 aromatic rings. The van der Waals surface area contributed by atoms with E-state index < -0.39 is 0 Å². The number of nitriles is 1. The predicted molar refractivity (Wildman–Crippen MR) is 156 cm³/mol. The topological polar surface area (TPSA) is 74.4 Å². The van der Waals surface area contributed by atoms with Crippen LogP contribution in [0.4, 0.5) is 10.1 Å². The minimum absolute atomic E-state index is 0.145. The zero-order valence-corrected chi connectivity index (χ0v) is 23.8. The van der Waals surface area contributed by atoms with Crippen molar-refractivity contribution in [2.24, 2.45) is 5.92 Å². The Morgan fingerprint density at radius 1 is 1.07 bits per heavy atom. The first kappa shape index (κ1) is 26.5. The predicted octanol–water partition coefficient (Wildman–Crippen LogP) is 5.50. The lowest BCUT2D eigenvalue weighted by molar-refractivity contribution is 0.209. The number of pyridine rings is 2. The third-order valence-corrected chi connectivity index (χ3v) is 8.36. The van der Waals surface area contributed by atoms with E-state index in [9.17, 15) is 14.4 Å². The molecule has 204 valence electrons. The molecular formula is C31H29BrFN5O2. The Morgan fingerprint density at radius 2 is 1.80 bits per heavy atom. The standard InChI is InChI=1S/C31H29BrFN5O2/c1-40-26-5-3-2-4-23(26)29(21-8-10-22(33)11-9-21)36-14-16-37(17-15-36)30-24(18-34)31(39)38(19-20-6-7-20)25-12-13-27(32)35-28(25)30/h2-5,8-13,20,29H,6-7,14-17,19H2,1H3/t29-/m0/s1. The van der Waals surface area contributed by atoms with E-state index in [1.54, 1.807) is 11.7 Å². The van der Waals surface area contributed by atoms with E-state index in [2.05, 4.69) is 31.8 Å². The summed E-state index contributed by atoms with van der Waals surface area (Å²) in [6.45, 7) is 3.12. The molecule has 2 aliphatic rings. The lowest BCUT2D eigenvalue weighted by atomic mass is 9.95. The van der Waals surface area contributed by atoms with Crippen LogP contribution in [0.15, 0.2) is 70.1 Å². The Labute approximate surface area is 240 Å². The van der Waals surface area contributed by atoms with Gasteiger partial charge in [0.15, 0.2) is 0 Å². The maximum Gasteiger partial charge on any atom is 0.271 e. The van der Waals surface area contributed by atoms with E-state index in [0.29, 0.717) is 54.4 Å². The number of hydrogen-bond acceptors (Lipinski definition) is 6. The van der Waals surface area contributed by atoms with Crippen molar-refractivity contribution in [2.75, 3.05) is 38.2 Å². The third kappa shape index (κ3) is 4.98. The van der Waals surface area contributed by atoms with Gasteiger partial charge in [-0.1, -0.05) is 30.3 Å². The summed E-state index contributed by atoms with van der Waals surface area (Å²) in [6, 6.07) is 20.3. The summed E-state index contributed by atoms with van der Waals surface area (Å²) in [6.07, 6.45) is 2.20. The fourth-order valence-electron chi connectivity index (χ4n) is 5.76. The van der Waals surface area contributed by atoms with Crippen LogP contribution in [0.2, 0.25) is 0 Å². The van der Waals surface area contributed by atoms with Crippen LogP contribution >= 0.6 is 15.9 Å². The SMILES string of the molecule is COc1ccccc1[C@H](c1ccc(F)cc1)N1CCN(c2c(C#N)c(=O)n(CC3CC3)c3ccc(Br)nc23)CC1. The van der Waals surface area contributed by atoms with Crippen molar-refractivity contribution in [1.82, 2.24) is 14.5 Å². The van der Waals surface area contributed by atoms with Crippen molar-refractivity contribution in [3.63, 3.8) is 0 Å². The first-order chi connectivity index (χ1) is 19.5. The molecule has 6 rings (SSSR count). The number of para-hydroxylation sites is 1. The van der Waals surface area contributed by atoms with Gasteiger partial charge in [0, 0.05) is 38.3 Å². The van der Waals surface area contributed by atoms with Crippen molar-refractivity contribution in [2.45, 2.75) is 25.4 Å². The smallest absolute Gasteiger partial charge is 0.271 e. The van der Waals surface area contributed by atoms with Gasteiger partial charge < -0.3 is 14.2 Å². The minimum Gasteiger partial charge on any atom is -0.496 e. The maximum absolute atomic E-state index is 13.8. The molecule has 0 radical (unpaired) electrons. The highest BCUT2D eigenvalue weighted by Gasteiger charge is 2.32. The fourth-order valence-corrected chi connectivity index (χ4v) is 6.07. The summed E-state index contributed by atoms with van der Waals surface area (Å²) in [5, 5.41) is 10.2. The second-order valence-electron chi connectivity index (χ2n) is 10.4. The zero-order valence-electron chi connectivity index (χ0n) is 22.2. The number of ether oxygens (including phenoxy) is 1.